The van der Waals surface area contributed by atoms with E-state index in [1.54, 1.807) is 12.4 Å². The lowest BCUT2D eigenvalue weighted by Crippen LogP contribution is -2.38. The molecular weight excluding hydrogens is 501 g/mol. The van der Waals surface area contributed by atoms with Crippen LogP contribution in [-0.4, -0.2) is 25.8 Å². The average Bonchev–Trinajstić information content (AvgIpc) is 3.35. The molecular formula is C34H24FN3O2. The molecule has 0 saturated heterocycles. The highest BCUT2D eigenvalue weighted by Crippen LogP contribution is 2.43. The fraction of sp³-hybridized carbons (Fsp3) is 0.0294. The number of rotatable bonds is 7. The maximum atomic E-state index is 15.4. The van der Waals surface area contributed by atoms with Gasteiger partial charge < -0.3 is 5.11 Å². The molecule has 6 rings (SSSR count). The molecule has 0 aliphatic heterocycles. The van der Waals surface area contributed by atoms with E-state index < -0.39 is 22.9 Å². The molecule has 40 heavy (non-hydrogen) atoms. The van der Waals surface area contributed by atoms with Crippen molar-refractivity contribution < 1.29 is 14.3 Å². The first-order valence-electron chi connectivity index (χ1n) is 12.8. The van der Waals surface area contributed by atoms with Gasteiger partial charge >= 0.3 is 5.97 Å². The second kappa shape index (κ2) is 10.4. The molecule has 194 valence electrons. The molecule has 0 aliphatic carbocycles. The highest BCUT2D eigenvalue weighted by Gasteiger charge is 2.41. The average molecular weight is 526 g/mol. The van der Waals surface area contributed by atoms with Crippen LogP contribution >= 0.6 is 0 Å². The van der Waals surface area contributed by atoms with E-state index in [1.807, 2.05) is 120 Å². The van der Waals surface area contributed by atoms with Crippen LogP contribution in [0.3, 0.4) is 0 Å². The minimum absolute atomic E-state index is 0.409. The van der Waals surface area contributed by atoms with Gasteiger partial charge in [0.1, 0.15) is 11.4 Å². The number of halogens is 1. The highest BCUT2D eigenvalue weighted by atomic mass is 19.1. The Morgan fingerprint density at radius 3 is 1.85 bits per heavy atom. The first-order valence-corrected chi connectivity index (χ1v) is 12.8. The number of carboxylic acid groups (broad SMARTS) is 1. The number of fused-ring (bicyclic) bond motifs is 1. The number of benzene rings is 4. The van der Waals surface area contributed by atoms with E-state index in [0.29, 0.717) is 16.6 Å². The van der Waals surface area contributed by atoms with Gasteiger partial charge in [0.15, 0.2) is 0 Å². The first kappa shape index (κ1) is 24.9. The number of pyridine rings is 1. The van der Waals surface area contributed by atoms with Crippen molar-refractivity contribution in [3.63, 3.8) is 0 Å². The largest absolute Gasteiger partial charge is 0.478 e. The second-order valence-electron chi connectivity index (χ2n) is 9.38. The van der Waals surface area contributed by atoms with Crippen LogP contribution in [0.2, 0.25) is 0 Å². The van der Waals surface area contributed by atoms with Gasteiger partial charge in [0.05, 0.1) is 16.8 Å². The van der Waals surface area contributed by atoms with E-state index in [1.165, 1.54) is 12.1 Å². The minimum Gasteiger partial charge on any atom is -0.478 e. The molecule has 1 N–H and O–H groups in total. The molecule has 0 amide bonds. The Morgan fingerprint density at radius 1 is 0.775 bits per heavy atom. The number of nitrogens with zero attached hydrogens (tertiary/aromatic N) is 3. The van der Waals surface area contributed by atoms with Gasteiger partial charge in [0.2, 0.25) is 0 Å². The molecule has 0 fully saturated rings. The number of hydrogen-bond donors (Lipinski definition) is 1. The van der Waals surface area contributed by atoms with E-state index in [9.17, 15) is 9.90 Å². The number of aromatic carboxylic acids is 1. The lowest BCUT2D eigenvalue weighted by atomic mass is 9.77. The fourth-order valence-corrected chi connectivity index (χ4v) is 5.26. The van der Waals surface area contributed by atoms with Crippen molar-refractivity contribution >= 4 is 29.0 Å². The lowest BCUT2D eigenvalue weighted by molar-refractivity contribution is 0.0692. The zero-order valence-electron chi connectivity index (χ0n) is 21.4. The number of hydrogen-bond acceptors (Lipinski definition) is 3. The van der Waals surface area contributed by atoms with E-state index in [0.717, 1.165) is 22.3 Å². The van der Waals surface area contributed by atoms with E-state index in [-0.39, 0.29) is 0 Å². The topological polar surface area (TPSA) is 68.0 Å². The van der Waals surface area contributed by atoms with Gasteiger partial charge in [-0.25, -0.2) is 13.9 Å². The molecule has 0 atom stereocenters. The van der Waals surface area contributed by atoms with Crippen molar-refractivity contribution in [3.8, 4) is 0 Å². The van der Waals surface area contributed by atoms with Crippen LogP contribution in [0, 0.1) is 5.82 Å². The van der Waals surface area contributed by atoms with E-state index >= 15 is 4.39 Å². The minimum atomic E-state index is -1.34. The van der Waals surface area contributed by atoms with Crippen molar-refractivity contribution in [1.29, 1.82) is 0 Å². The Kier molecular flexibility index (Phi) is 6.50. The maximum Gasteiger partial charge on any atom is 0.338 e. The summed E-state index contributed by atoms with van der Waals surface area (Å²) in [6.07, 6.45) is 7.08. The summed E-state index contributed by atoms with van der Waals surface area (Å²) < 4.78 is 17.2. The van der Waals surface area contributed by atoms with Crippen LogP contribution in [0.5, 0.6) is 0 Å². The zero-order valence-corrected chi connectivity index (χ0v) is 21.4. The van der Waals surface area contributed by atoms with E-state index in [2.05, 4.69) is 4.98 Å². The molecule has 6 aromatic rings. The summed E-state index contributed by atoms with van der Waals surface area (Å²) in [6, 6.07) is 36.2. The van der Waals surface area contributed by atoms with Gasteiger partial charge in [-0.3, -0.25) is 4.98 Å². The first-order chi connectivity index (χ1) is 19.6. The standard InChI is InChI=1S/C34H24FN3O2/c35-30-22-32-29(21-28(30)33(39)40)31(19-18-24-11-10-20-36-23-24)37-38(32)34(25-12-4-1-5-13-25,26-14-6-2-7-15-26)27-16-8-3-9-17-27/h1-23H,(H,39,40). The normalized spacial score (nSPS) is 11.7. The summed E-state index contributed by atoms with van der Waals surface area (Å²) >= 11 is 0. The van der Waals surface area contributed by atoms with Crippen LogP contribution < -0.4 is 0 Å². The van der Waals surface area contributed by atoms with Gasteiger partial charge in [-0.15, -0.1) is 0 Å². The number of carbonyl (C=O) groups is 1. The summed E-state index contributed by atoms with van der Waals surface area (Å²) in [5, 5.41) is 15.3. The highest BCUT2D eigenvalue weighted by molar-refractivity contribution is 5.97. The quantitative estimate of drug-likeness (QED) is 0.223. The van der Waals surface area contributed by atoms with Crippen molar-refractivity contribution in [2.45, 2.75) is 5.54 Å². The van der Waals surface area contributed by atoms with Gasteiger partial charge in [0, 0.05) is 23.8 Å². The van der Waals surface area contributed by atoms with Crippen LogP contribution in [0.25, 0.3) is 23.1 Å². The van der Waals surface area contributed by atoms with Crippen molar-refractivity contribution in [3.05, 3.63) is 167 Å². The summed E-state index contributed by atoms with van der Waals surface area (Å²) in [4.78, 5) is 16.1. The Labute approximate surface area is 230 Å². The van der Waals surface area contributed by atoms with Gasteiger partial charge in [-0.1, -0.05) is 103 Å². The predicted molar refractivity (Wildman–Crippen MR) is 154 cm³/mol. The Bertz CT molecular complexity index is 1720. The Hall–Kier alpha value is -5.36. The number of aromatic nitrogens is 3. The molecule has 0 spiro atoms. The van der Waals surface area contributed by atoms with E-state index in [4.69, 9.17) is 5.10 Å². The van der Waals surface area contributed by atoms with Crippen molar-refractivity contribution in [2.75, 3.05) is 0 Å². The van der Waals surface area contributed by atoms with Crippen LogP contribution in [0.4, 0.5) is 4.39 Å². The molecule has 0 radical (unpaired) electrons. The molecule has 4 aromatic carbocycles. The van der Waals surface area contributed by atoms with Gasteiger partial charge in [-0.05, 0) is 40.5 Å². The van der Waals surface area contributed by atoms with Crippen LogP contribution in [0.1, 0.15) is 38.3 Å². The Balaban J connectivity index is 1.75. The molecule has 0 bridgehead atoms. The predicted octanol–water partition coefficient (Wildman–Crippen LogP) is 7.28. The maximum absolute atomic E-state index is 15.4. The lowest BCUT2D eigenvalue weighted by Gasteiger charge is -2.37. The summed E-state index contributed by atoms with van der Waals surface area (Å²) in [7, 11) is 0. The molecule has 0 unspecified atom stereocenters. The zero-order chi connectivity index (χ0) is 27.5. The second-order valence-corrected chi connectivity index (χ2v) is 9.38. The molecule has 0 aliphatic rings. The molecule has 6 heteroatoms. The van der Waals surface area contributed by atoms with Gasteiger partial charge in [0.25, 0.3) is 0 Å². The molecule has 5 nitrogen and oxygen atoms in total. The van der Waals surface area contributed by atoms with Gasteiger partial charge in [-0.2, -0.15) is 5.10 Å². The third-order valence-corrected chi connectivity index (χ3v) is 7.04. The van der Waals surface area contributed by atoms with Crippen molar-refractivity contribution in [2.24, 2.45) is 0 Å². The van der Waals surface area contributed by atoms with Crippen molar-refractivity contribution in [1.82, 2.24) is 14.8 Å². The third kappa shape index (κ3) is 4.25. The van der Waals surface area contributed by atoms with Crippen LogP contribution in [-0.2, 0) is 5.54 Å². The number of carboxylic acids is 1. The summed E-state index contributed by atoms with van der Waals surface area (Å²) in [6.45, 7) is 0. The molecule has 0 saturated carbocycles. The third-order valence-electron chi connectivity index (χ3n) is 7.04. The SMILES string of the molecule is O=C(O)c1cc2c(C=Cc3cccnc3)nn(C(c3ccccc3)(c3ccccc3)c3ccccc3)c2cc1F. The molecule has 2 aromatic heterocycles. The molecule has 2 heterocycles. The fourth-order valence-electron chi connectivity index (χ4n) is 5.26. The monoisotopic (exact) mass is 525 g/mol. The summed E-state index contributed by atoms with van der Waals surface area (Å²) in [5.41, 5.74) is 3.17. The Morgan fingerprint density at radius 2 is 1.35 bits per heavy atom. The van der Waals surface area contributed by atoms with Crippen LogP contribution in [0.15, 0.2) is 128 Å². The smallest absolute Gasteiger partial charge is 0.338 e. The summed E-state index contributed by atoms with van der Waals surface area (Å²) in [5.74, 6) is -2.16.